The first-order chi connectivity index (χ1) is 9.64. The first-order valence-electron chi connectivity index (χ1n) is 7.76. The third-order valence-corrected chi connectivity index (χ3v) is 3.78. The lowest BCUT2D eigenvalue weighted by atomic mass is 10.1. The van der Waals surface area contributed by atoms with Crippen LogP contribution in [0.3, 0.4) is 0 Å². The summed E-state index contributed by atoms with van der Waals surface area (Å²) in [6, 6.07) is 2.77. The summed E-state index contributed by atoms with van der Waals surface area (Å²) in [5.41, 5.74) is 1.25. The van der Waals surface area contributed by atoms with E-state index in [0.29, 0.717) is 18.6 Å². The molecule has 0 aliphatic heterocycles. The van der Waals surface area contributed by atoms with Gasteiger partial charge in [-0.25, -0.2) is 0 Å². The molecule has 0 radical (unpaired) electrons. The van der Waals surface area contributed by atoms with Gasteiger partial charge in [-0.3, -0.25) is 4.79 Å². The molecule has 1 heterocycles. The summed E-state index contributed by atoms with van der Waals surface area (Å²) in [7, 11) is 1.98. The van der Waals surface area contributed by atoms with Gasteiger partial charge in [0.2, 0.25) is 5.91 Å². The number of hydrogen-bond donors (Lipinski definition) is 2. The van der Waals surface area contributed by atoms with Gasteiger partial charge in [0.15, 0.2) is 0 Å². The molecule has 114 valence electrons. The van der Waals surface area contributed by atoms with E-state index >= 15 is 0 Å². The Hall–Kier alpha value is -1.29. The molecule has 4 heteroatoms. The van der Waals surface area contributed by atoms with Crippen molar-refractivity contribution in [2.75, 3.05) is 7.05 Å². The van der Waals surface area contributed by atoms with Crippen LogP contribution < -0.4 is 10.6 Å². The van der Waals surface area contributed by atoms with Gasteiger partial charge < -0.3 is 15.2 Å². The van der Waals surface area contributed by atoms with Crippen molar-refractivity contribution < 1.29 is 4.79 Å². The van der Waals surface area contributed by atoms with Crippen molar-refractivity contribution in [3.05, 3.63) is 24.0 Å². The molecule has 1 unspecified atom stereocenters. The van der Waals surface area contributed by atoms with Crippen LogP contribution in [0.5, 0.6) is 0 Å². The number of carbonyl (C=O) groups excluding carboxylic acids is 1. The summed E-state index contributed by atoms with van der Waals surface area (Å²) in [4.78, 5) is 12.0. The SMILES string of the molecule is CCCC(NC)c1ccn(CC(=O)NC(CC)CC)c1. The van der Waals surface area contributed by atoms with Crippen LogP contribution in [0.4, 0.5) is 0 Å². The summed E-state index contributed by atoms with van der Waals surface area (Å²) in [6.07, 6.45) is 8.28. The monoisotopic (exact) mass is 279 g/mol. The maximum atomic E-state index is 12.0. The molecule has 0 saturated carbocycles. The van der Waals surface area contributed by atoms with Crippen LogP contribution >= 0.6 is 0 Å². The highest BCUT2D eigenvalue weighted by molar-refractivity contribution is 5.76. The largest absolute Gasteiger partial charge is 0.352 e. The van der Waals surface area contributed by atoms with Crippen molar-refractivity contribution >= 4 is 5.91 Å². The number of rotatable bonds is 9. The molecule has 0 bridgehead atoms. The Kier molecular flexibility index (Phi) is 7.37. The van der Waals surface area contributed by atoms with Crippen LogP contribution in [0.1, 0.15) is 58.1 Å². The molecular weight excluding hydrogens is 250 g/mol. The number of carbonyl (C=O) groups is 1. The van der Waals surface area contributed by atoms with Crippen LogP contribution in [0.15, 0.2) is 18.5 Å². The quantitative estimate of drug-likeness (QED) is 0.730. The minimum Gasteiger partial charge on any atom is -0.352 e. The van der Waals surface area contributed by atoms with Crippen molar-refractivity contribution in [1.82, 2.24) is 15.2 Å². The highest BCUT2D eigenvalue weighted by Gasteiger charge is 2.12. The molecule has 0 fully saturated rings. The van der Waals surface area contributed by atoms with Crippen LogP contribution in [-0.2, 0) is 11.3 Å². The van der Waals surface area contributed by atoms with E-state index in [0.717, 1.165) is 25.7 Å². The second-order valence-electron chi connectivity index (χ2n) is 5.33. The van der Waals surface area contributed by atoms with Crippen molar-refractivity contribution in [1.29, 1.82) is 0 Å². The summed E-state index contributed by atoms with van der Waals surface area (Å²) in [6.45, 7) is 6.79. The third kappa shape index (κ3) is 5.00. The zero-order chi connectivity index (χ0) is 15.0. The molecule has 0 saturated heterocycles. The van der Waals surface area contributed by atoms with Gasteiger partial charge in [-0.05, 0) is 37.9 Å². The Morgan fingerprint density at radius 1 is 1.30 bits per heavy atom. The summed E-state index contributed by atoms with van der Waals surface area (Å²) >= 11 is 0. The molecule has 1 aromatic heterocycles. The normalized spacial score (nSPS) is 12.7. The van der Waals surface area contributed by atoms with Gasteiger partial charge in [-0.1, -0.05) is 27.2 Å². The molecule has 0 aromatic carbocycles. The highest BCUT2D eigenvalue weighted by atomic mass is 16.2. The fourth-order valence-electron chi connectivity index (χ4n) is 2.46. The third-order valence-electron chi connectivity index (χ3n) is 3.78. The van der Waals surface area contributed by atoms with E-state index in [4.69, 9.17) is 0 Å². The summed E-state index contributed by atoms with van der Waals surface area (Å²) in [5, 5.41) is 6.39. The van der Waals surface area contributed by atoms with E-state index in [-0.39, 0.29) is 5.91 Å². The van der Waals surface area contributed by atoms with E-state index < -0.39 is 0 Å². The Morgan fingerprint density at radius 2 is 2.00 bits per heavy atom. The molecule has 20 heavy (non-hydrogen) atoms. The summed E-state index contributed by atoms with van der Waals surface area (Å²) < 4.78 is 1.97. The molecule has 1 aromatic rings. The number of nitrogens with one attached hydrogen (secondary N) is 2. The second kappa shape index (κ2) is 8.80. The Morgan fingerprint density at radius 3 is 2.55 bits per heavy atom. The van der Waals surface area contributed by atoms with Gasteiger partial charge >= 0.3 is 0 Å². The molecular formula is C16H29N3O. The van der Waals surface area contributed by atoms with E-state index in [2.05, 4.69) is 43.7 Å². The number of aromatic nitrogens is 1. The lowest BCUT2D eigenvalue weighted by molar-refractivity contribution is -0.122. The van der Waals surface area contributed by atoms with Crippen molar-refractivity contribution in [2.24, 2.45) is 0 Å². The molecule has 0 spiro atoms. The topological polar surface area (TPSA) is 46.1 Å². The molecule has 1 rings (SSSR count). The van der Waals surface area contributed by atoms with E-state index in [9.17, 15) is 4.79 Å². The fraction of sp³-hybridized carbons (Fsp3) is 0.688. The minimum atomic E-state index is 0.0948. The van der Waals surface area contributed by atoms with Crippen LogP contribution in [0, 0.1) is 0 Å². The Balaban J connectivity index is 2.57. The van der Waals surface area contributed by atoms with Crippen molar-refractivity contribution in [3.63, 3.8) is 0 Å². The maximum Gasteiger partial charge on any atom is 0.240 e. The van der Waals surface area contributed by atoms with E-state index in [1.165, 1.54) is 5.56 Å². The number of nitrogens with zero attached hydrogens (tertiary/aromatic N) is 1. The zero-order valence-corrected chi connectivity index (χ0v) is 13.3. The van der Waals surface area contributed by atoms with Gasteiger partial charge in [0, 0.05) is 24.5 Å². The van der Waals surface area contributed by atoms with Gasteiger partial charge in [0.1, 0.15) is 6.54 Å². The smallest absolute Gasteiger partial charge is 0.240 e. The first-order valence-corrected chi connectivity index (χ1v) is 7.76. The van der Waals surface area contributed by atoms with Crippen molar-refractivity contribution in [3.8, 4) is 0 Å². The lowest BCUT2D eigenvalue weighted by Crippen LogP contribution is -2.36. The Bertz CT molecular complexity index is 396. The van der Waals surface area contributed by atoms with E-state index in [1.807, 2.05) is 17.8 Å². The number of hydrogen-bond acceptors (Lipinski definition) is 2. The predicted molar refractivity (Wildman–Crippen MR) is 83.7 cm³/mol. The van der Waals surface area contributed by atoms with Gasteiger partial charge in [-0.2, -0.15) is 0 Å². The standard InChI is InChI=1S/C16H29N3O/c1-5-8-15(17-4)13-9-10-19(11-13)12-16(20)18-14(6-2)7-3/h9-11,14-15,17H,5-8,12H2,1-4H3,(H,18,20). The lowest BCUT2D eigenvalue weighted by Gasteiger charge is -2.15. The molecule has 1 amide bonds. The van der Waals surface area contributed by atoms with Crippen LogP contribution in [0.25, 0.3) is 0 Å². The predicted octanol–water partition coefficient (Wildman–Crippen LogP) is 2.85. The average molecular weight is 279 g/mol. The molecule has 0 aliphatic carbocycles. The molecule has 1 atom stereocenters. The van der Waals surface area contributed by atoms with Gasteiger partial charge in [0.05, 0.1) is 0 Å². The zero-order valence-electron chi connectivity index (χ0n) is 13.3. The van der Waals surface area contributed by atoms with Gasteiger partial charge in [0.25, 0.3) is 0 Å². The van der Waals surface area contributed by atoms with E-state index in [1.54, 1.807) is 0 Å². The highest BCUT2D eigenvalue weighted by Crippen LogP contribution is 2.18. The maximum absolute atomic E-state index is 12.0. The molecule has 4 nitrogen and oxygen atoms in total. The summed E-state index contributed by atoms with van der Waals surface area (Å²) in [5.74, 6) is 0.0948. The average Bonchev–Trinajstić information content (AvgIpc) is 2.90. The first kappa shape index (κ1) is 16.8. The van der Waals surface area contributed by atoms with Crippen LogP contribution in [0.2, 0.25) is 0 Å². The van der Waals surface area contributed by atoms with Crippen molar-refractivity contribution in [2.45, 2.75) is 65.1 Å². The molecule has 2 N–H and O–H groups in total. The van der Waals surface area contributed by atoms with Crippen LogP contribution in [-0.4, -0.2) is 23.6 Å². The molecule has 0 aliphatic rings. The number of amides is 1. The minimum absolute atomic E-state index is 0.0948. The fourth-order valence-corrected chi connectivity index (χ4v) is 2.46. The van der Waals surface area contributed by atoms with Gasteiger partial charge in [-0.15, -0.1) is 0 Å². The second-order valence-corrected chi connectivity index (χ2v) is 5.33. The Labute approximate surface area is 122 Å².